The van der Waals surface area contributed by atoms with Gasteiger partial charge in [-0.15, -0.1) is 0 Å². The Morgan fingerprint density at radius 2 is 1.65 bits per heavy atom. The normalized spacial score (nSPS) is 9.47. The number of rotatable bonds is 8. The van der Waals surface area contributed by atoms with Gasteiger partial charge in [0.05, 0.1) is 0 Å². The Morgan fingerprint density at radius 1 is 1.12 bits per heavy atom. The third-order valence-corrected chi connectivity index (χ3v) is 2.15. The zero-order chi connectivity index (χ0) is 13.5. The largest absolute Gasteiger partial charge is 0.356 e. The van der Waals surface area contributed by atoms with E-state index in [0.29, 0.717) is 6.42 Å². The van der Waals surface area contributed by atoms with Gasteiger partial charge in [0.1, 0.15) is 6.29 Å². The summed E-state index contributed by atoms with van der Waals surface area (Å²) in [5.41, 5.74) is 0. The summed E-state index contributed by atoms with van der Waals surface area (Å²) in [5, 5.41) is 2.80. The van der Waals surface area contributed by atoms with Gasteiger partial charge >= 0.3 is 0 Å². The number of unbranched alkanes of at least 4 members (excludes halogenated alkanes) is 4. The van der Waals surface area contributed by atoms with Crippen LogP contribution in [0.15, 0.2) is 0 Å². The third kappa shape index (κ3) is 21.1. The van der Waals surface area contributed by atoms with E-state index in [1.165, 1.54) is 25.7 Å². The van der Waals surface area contributed by atoms with Crippen molar-refractivity contribution >= 4 is 12.2 Å². The van der Waals surface area contributed by atoms with Crippen LogP contribution in [0.5, 0.6) is 0 Å². The number of hydrogen-bond acceptors (Lipinski definition) is 2. The van der Waals surface area contributed by atoms with E-state index in [0.717, 1.165) is 19.3 Å². The maximum atomic E-state index is 11.0. The van der Waals surface area contributed by atoms with E-state index in [-0.39, 0.29) is 11.8 Å². The Morgan fingerprint density at radius 3 is 2.06 bits per heavy atom. The van der Waals surface area contributed by atoms with Crippen molar-refractivity contribution in [1.82, 2.24) is 5.32 Å². The van der Waals surface area contributed by atoms with E-state index in [4.69, 9.17) is 0 Å². The number of amides is 1. The first kappa shape index (κ1) is 18.5. The lowest BCUT2D eigenvalue weighted by molar-refractivity contribution is -0.121. The van der Waals surface area contributed by atoms with Crippen LogP contribution < -0.4 is 5.32 Å². The van der Waals surface area contributed by atoms with Gasteiger partial charge in [0.15, 0.2) is 0 Å². The summed E-state index contributed by atoms with van der Waals surface area (Å²) in [6.07, 6.45) is 7.71. The van der Waals surface area contributed by atoms with E-state index >= 15 is 0 Å². The number of carbonyl (C=O) groups is 2. The fourth-order valence-electron chi connectivity index (χ4n) is 1.17. The molecule has 0 saturated heterocycles. The van der Waals surface area contributed by atoms with E-state index in [9.17, 15) is 9.59 Å². The highest BCUT2D eigenvalue weighted by atomic mass is 16.1. The Kier molecular flexibility index (Phi) is 16.5. The zero-order valence-electron chi connectivity index (χ0n) is 11.9. The molecule has 0 aliphatic rings. The van der Waals surface area contributed by atoms with Gasteiger partial charge in [0.25, 0.3) is 0 Å². The second-order valence-corrected chi connectivity index (χ2v) is 4.50. The molecular formula is C14H29NO2. The fraction of sp³-hybridized carbons (Fsp3) is 0.857. The number of nitrogens with one attached hydrogen (secondary N) is 1. The highest BCUT2D eigenvalue weighted by molar-refractivity contribution is 5.75. The average Bonchev–Trinajstić information content (AvgIpc) is 2.30. The summed E-state index contributed by atoms with van der Waals surface area (Å²) in [5.74, 6) is 0.406. The van der Waals surface area contributed by atoms with E-state index in [1.54, 1.807) is 0 Å². The SMILES string of the molecule is CC(C)C=O.CCCCCCCC(=O)NCC. The first-order valence-corrected chi connectivity index (χ1v) is 6.80. The molecule has 102 valence electrons. The van der Waals surface area contributed by atoms with Gasteiger partial charge < -0.3 is 10.1 Å². The van der Waals surface area contributed by atoms with E-state index in [2.05, 4.69) is 12.2 Å². The van der Waals surface area contributed by atoms with Crippen molar-refractivity contribution in [3.05, 3.63) is 0 Å². The standard InChI is InChI=1S/C10H21NO.C4H8O/c1-3-5-6-7-8-9-10(12)11-4-2;1-4(2)3-5/h3-9H2,1-2H3,(H,11,12);3-4H,1-2H3. The molecule has 0 rings (SSSR count). The molecule has 0 unspecified atom stereocenters. The molecule has 0 aromatic carbocycles. The predicted molar refractivity (Wildman–Crippen MR) is 73.0 cm³/mol. The summed E-state index contributed by atoms with van der Waals surface area (Å²) >= 11 is 0. The molecule has 0 aliphatic heterocycles. The van der Waals surface area contributed by atoms with Crippen LogP contribution in [0.4, 0.5) is 0 Å². The molecule has 0 heterocycles. The minimum atomic E-state index is 0.203. The molecule has 1 amide bonds. The molecule has 0 fully saturated rings. The van der Waals surface area contributed by atoms with Crippen LogP contribution in [0, 0.1) is 5.92 Å². The summed E-state index contributed by atoms with van der Waals surface area (Å²) in [4.78, 5) is 20.5. The predicted octanol–water partition coefficient (Wildman–Crippen LogP) is 3.32. The maximum absolute atomic E-state index is 11.0. The Bertz CT molecular complexity index is 179. The van der Waals surface area contributed by atoms with Crippen LogP contribution in [0.25, 0.3) is 0 Å². The van der Waals surface area contributed by atoms with Gasteiger partial charge in [0, 0.05) is 18.9 Å². The number of hydrogen-bond donors (Lipinski definition) is 1. The van der Waals surface area contributed by atoms with Crippen molar-refractivity contribution in [2.75, 3.05) is 6.54 Å². The third-order valence-electron chi connectivity index (χ3n) is 2.15. The van der Waals surface area contributed by atoms with Crippen LogP contribution >= 0.6 is 0 Å². The molecule has 0 radical (unpaired) electrons. The Hall–Kier alpha value is -0.860. The maximum Gasteiger partial charge on any atom is 0.219 e. The van der Waals surface area contributed by atoms with Crippen LogP contribution in [-0.2, 0) is 9.59 Å². The Balaban J connectivity index is 0. The average molecular weight is 243 g/mol. The molecule has 0 atom stereocenters. The van der Waals surface area contributed by atoms with Crippen molar-refractivity contribution in [3.63, 3.8) is 0 Å². The molecule has 3 heteroatoms. The van der Waals surface area contributed by atoms with Gasteiger partial charge in [-0.1, -0.05) is 46.5 Å². The van der Waals surface area contributed by atoms with Crippen LogP contribution in [0.2, 0.25) is 0 Å². The summed E-state index contributed by atoms with van der Waals surface area (Å²) < 4.78 is 0. The highest BCUT2D eigenvalue weighted by Gasteiger charge is 1.97. The molecule has 0 bridgehead atoms. The lowest BCUT2D eigenvalue weighted by Crippen LogP contribution is -2.21. The van der Waals surface area contributed by atoms with Gasteiger partial charge in [-0.2, -0.15) is 0 Å². The molecule has 0 spiro atoms. The van der Waals surface area contributed by atoms with Crippen molar-refractivity contribution in [2.45, 2.75) is 66.2 Å². The van der Waals surface area contributed by atoms with Crippen molar-refractivity contribution in [1.29, 1.82) is 0 Å². The number of aldehydes is 1. The zero-order valence-corrected chi connectivity index (χ0v) is 11.9. The van der Waals surface area contributed by atoms with Gasteiger partial charge in [0.2, 0.25) is 5.91 Å². The monoisotopic (exact) mass is 243 g/mol. The van der Waals surface area contributed by atoms with Gasteiger partial charge in [-0.25, -0.2) is 0 Å². The smallest absolute Gasteiger partial charge is 0.219 e. The second kappa shape index (κ2) is 15.1. The van der Waals surface area contributed by atoms with E-state index in [1.807, 2.05) is 20.8 Å². The van der Waals surface area contributed by atoms with Gasteiger partial charge in [-0.05, 0) is 13.3 Å². The molecule has 0 aliphatic carbocycles. The van der Waals surface area contributed by atoms with Gasteiger partial charge in [-0.3, -0.25) is 4.79 Å². The van der Waals surface area contributed by atoms with Crippen molar-refractivity contribution in [3.8, 4) is 0 Å². The fourth-order valence-corrected chi connectivity index (χ4v) is 1.17. The lowest BCUT2D eigenvalue weighted by Gasteiger charge is -2.01. The summed E-state index contributed by atoms with van der Waals surface area (Å²) in [6, 6.07) is 0. The molecule has 0 aromatic rings. The molecule has 17 heavy (non-hydrogen) atoms. The molecular weight excluding hydrogens is 214 g/mol. The second-order valence-electron chi connectivity index (χ2n) is 4.50. The van der Waals surface area contributed by atoms with Crippen LogP contribution in [0.1, 0.15) is 66.2 Å². The molecule has 0 aromatic heterocycles. The molecule has 3 nitrogen and oxygen atoms in total. The minimum absolute atomic E-state index is 0.203. The first-order chi connectivity index (χ1) is 8.08. The van der Waals surface area contributed by atoms with Crippen molar-refractivity contribution < 1.29 is 9.59 Å². The summed E-state index contributed by atoms with van der Waals surface area (Å²) in [7, 11) is 0. The quantitative estimate of drug-likeness (QED) is 0.525. The molecule has 0 saturated carbocycles. The van der Waals surface area contributed by atoms with Crippen LogP contribution in [0.3, 0.4) is 0 Å². The summed E-state index contributed by atoms with van der Waals surface area (Å²) in [6.45, 7) is 8.62. The lowest BCUT2D eigenvalue weighted by atomic mass is 10.1. The molecule has 1 N–H and O–H groups in total. The Labute approximate surface area is 106 Å². The van der Waals surface area contributed by atoms with E-state index < -0.39 is 0 Å². The first-order valence-electron chi connectivity index (χ1n) is 6.80. The van der Waals surface area contributed by atoms with Crippen LogP contribution in [-0.4, -0.2) is 18.7 Å². The minimum Gasteiger partial charge on any atom is -0.356 e. The van der Waals surface area contributed by atoms with Crippen molar-refractivity contribution in [2.24, 2.45) is 5.92 Å². The number of carbonyl (C=O) groups excluding carboxylic acids is 2. The highest BCUT2D eigenvalue weighted by Crippen LogP contribution is 2.04. The topological polar surface area (TPSA) is 46.2 Å².